The standard InChI is InChI=1S/C9H20N2O2/c1-4-9(10,5-2)7-13-8(12)11-6-3/h4-7,10H2,1-3H3,(H,11,12). The first-order valence-electron chi connectivity index (χ1n) is 4.77. The van der Waals surface area contributed by atoms with Gasteiger partial charge in [0.05, 0.1) is 0 Å². The van der Waals surface area contributed by atoms with E-state index in [0.717, 1.165) is 12.8 Å². The van der Waals surface area contributed by atoms with Crippen LogP contribution in [0.2, 0.25) is 0 Å². The molecule has 4 nitrogen and oxygen atoms in total. The van der Waals surface area contributed by atoms with E-state index in [2.05, 4.69) is 5.32 Å². The monoisotopic (exact) mass is 188 g/mol. The molecular weight excluding hydrogens is 168 g/mol. The molecule has 0 aromatic rings. The predicted molar refractivity (Wildman–Crippen MR) is 52.5 cm³/mol. The first kappa shape index (κ1) is 12.2. The van der Waals surface area contributed by atoms with Crippen molar-refractivity contribution in [1.29, 1.82) is 0 Å². The Bertz CT molecular complexity index is 156. The van der Waals surface area contributed by atoms with E-state index in [1.165, 1.54) is 0 Å². The molecule has 0 atom stereocenters. The maximum Gasteiger partial charge on any atom is 0.407 e. The summed E-state index contributed by atoms with van der Waals surface area (Å²) >= 11 is 0. The number of nitrogens with two attached hydrogens (primary N) is 1. The lowest BCUT2D eigenvalue weighted by molar-refractivity contribution is 0.113. The maximum atomic E-state index is 10.9. The molecule has 0 bridgehead atoms. The van der Waals surface area contributed by atoms with E-state index in [9.17, 15) is 4.79 Å². The van der Waals surface area contributed by atoms with Crippen LogP contribution < -0.4 is 11.1 Å². The van der Waals surface area contributed by atoms with Gasteiger partial charge in [0.1, 0.15) is 6.61 Å². The van der Waals surface area contributed by atoms with Crippen molar-refractivity contribution in [2.45, 2.75) is 39.2 Å². The molecule has 0 aliphatic carbocycles. The summed E-state index contributed by atoms with van der Waals surface area (Å²) in [7, 11) is 0. The first-order chi connectivity index (χ1) is 6.08. The number of carbonyl (C=O) groups excluding carboxylic acids is 1. The van der Waals surface area contributed by atoms with E-state index in [1.54, 1.807) is 0 Å². The summed E-state index contributed by atoms with van der Waals surface area (Å²) in [6.45, 7) is 6.69. The highest BCUT2D eigenvalue weighted by Crippen LogP contribution is 2.11. The van der Waals surface area contributed by atoms with Gasteiger partial charge in [-0.05, 0) is 19.8 Å². The van der Waals surface area contributed by atoms with Gasteiger partial charge in [0.25, 0.3) is 0 Å². The highest BCUT2D eigenvalue weighted by atomic mass is 16.5. The van der Waals surface area contributed by atoms with Crippen LogP contribution in [0.1, 0.15) is 33.6 Å². The minimum Gasteiger partial charge on any atom is -0.448 e. The molecule has 0 fully saturated rings. The van der Waals surface area contributed by atoms with Crippen LogP contribution in [0.3, 0.4) is 0 Å². The number of carbonyl (C=O) groups is 1. The Kier molecular flexibility index (Phi) is 5.46. The van der Waals surface area contributed by atoms with Crippen molar-refractivity contribution in [1.82, 2.24) is 5.32 Å². The molecule has 0 unspecified atom stereocenters. The zero-order valence-electron chi connectivity index (χ0n) is 8.72. The zero-order valence-corrected chi connectivity index (χ0v) is 8.72. The van der Waals surface area contributed by atoms with Crippen molar-refractivity contribution in [2.24, 2.45) is 5.73 Å². The predicted octanol–water partition coefficient (Wildman–Crippen LogP) is 1.25. The van der Waals surface area contributed by atoms with Crippen molar-refractivity contribution in [3.63, 3.8) is 0 Å². The molecule has 0 heterocycles. The van der Waals surface area contributed by atoms with Crippen LogP contribution in [0.15, 0.2) is 0 Å². The Hall–Kier alpha value is -0.770. The molecule has 78 valence electrons. The van der Waals surface area contributed by atoms with Crippen molar-refractivity contribution in [3.05, 3.63) is 0 Å². The van der Waals surface area contributed by atoms with Crippen LogP contribution in [-0.2, 0) is 4.74 Å². The van der Waals surface area contributed by atoms with E-state index >= 15 is 0 Å². The van der Waals surface area contributed by atoms with E-state index in [0.29, 0.717) is 6.54 Å². The van der Waals surface area contributed by atoms with Crippen LogP contribution in [0.4, 0.5) is 4.79 Å². The maximum absolute atomic E-state index is 10.9. The molecule has 1 amide bonds. The van der Waals surface area contributed by atoms with Crippen molar-refractivity contribution in [2.75, 3.05) is 13.2 Å². The topological polar surface area (TPSA) is 64.3 Å². The van der Waals surface area contributed by atoms with Crippen LogP contribution >= 0.6 is 0 Å². The molecule has 0 radical (unpaired) electrons. The second-order valence-corrected chi connectivity index (χ2v) is 3.18. The molecule has 0 rings (SSSR count). The van der Waals surface area contributed by atoms with Gasteiger partial charge in [-0.2, -0.15) is 0 Å². The number of hydrogen-bond donors (Lipinski definition) is 2. The lowest BCUT2D eigenvalue weighted by atomic mass is 9.96. The molecule has 0 aliphatic heterocycles. The van der Waals surface area contributed by atoms with Gasteiger partial charge in [0.2, 0.25) is 0 Å². The number of nitrogens with one attached hydrogen (secondary N) is 1. The third-order valence-corrected chi connectivity index (χ3v) is 2.22. The van der Waals surface area contributed by atoms with Crippen LogP contribution in [-0.4, -0.2) is 24.8 Å². The lowest BCUT2D eigenvalue weighted by Crippen LogP contribution is -2.44. The molecule has 0 aliphatic rings. The average Bonchev–Trinajstić information content (AvgIpc) is 2.15. The molecular formula is C9H20N2O2. The molecule has 0 aromatic carbocycles. The summed E-state index contributed by atoms with van der Waals surface area (Å²) in [5.41, 5.74) is 5.57. The molecule has 0 aromatic heterocycles. The van der Waals surface area contributed by atoms with Gasteiger partial charge >= 0.3 is 6.09 Å². The third-order valence-electron chi connectivity index (χ3n) is 2.22. The quantitative estimate of drug-likeness (QED) is 0.682. The number of hydrogen-bond acceptors (Lipinski definition) is 3. The highest BCUT2D eigenvalue weighted by molar-refractivity contribution is 5.67. The van der Waals surface area contributed by atoms with Crippen molar-refractivity contribution in [3.8, 4) is 0 Å². The Labute approximate surface area is 79.8 Å². The summed E-state index contributed by atoms with van der Waals surface area (Å²) in [4.78, 5) is 10.9. The molecule has 0 spiro atoms. The minimum atomic E-state index is -0.390. The minimum absolute atomic E-state index is 0.284. The van der Waals surface area contributed by atoms with E-state index < -0.39 is 0 Å². The van der Waals surface area contributed by atoms with Crippen molar-refractivity contribution >= 4 is 6.09 Å². The zero-order chi connectivity index (χ0) is 10.3. The SMILES string of the molecule is CCNC(=O)OCC(N)(CC)CC. The fourth-order valence-electron chi connectivity index (χ4n) is 0.859. The smallest absolute Gasteiger partial charge is 0.407 e. The molecule has 13 heavy (non-hydrogen) atoms. The summed E-state index contributed by atoms with van der Waals surface area (Å²) in [5.74, 6) is 0. The Morgan fingerprint density at radius 1 is 1.38 bits per heavy atom. The van der Waals surface area contributed by atoms with Crippen LogP contribution in [0.25, 0.3) is 0 Å². The third kappa shape index (κ3) is 4.72. The summed E-state index contributed by atoms with van der Waals surface area (Å²) in [6.07, 6.45) is 1.23. The van der Waals surface area contributed by atoms with Gasteiger partial charge in [0, 0.05) is 12.1 Å². The van der Waals surface area contributed by atoms with Gasteiger partial charge in [-0.15, -0.1) is 0 Å². The summed E-state index contributed by atoms with van der Waals surface area (Å²) in [5, 5.41) is 2.55. The van der Waals surface area contributed by atoms with Gasteiger partial charge in [-0.25, -0.2) is 4.79 Å². The second kappa shape index (κ2) is 5.80. The Balaban J connectivity index is 3.78. The van der Waals surface area contributed by atoms with E-state index in [1.807, 2.05) is 20.8 Å². The fraction of sp³-hybridized carbons (Fsp3) is 0.889. The molecule has 0 saturated carbocycles. The normalized spacial score (nSPS) is 11.1. The number of amides is 1. The van der Waals surface area contributed by atoms with Gasteiger partial charge in [-0.3, -0.25) is 0 Å². The fourth-order valence-corrected chi connectivity index (χ4v) is 0.859. The lowest BCUT2D eigenvalue weighted by Gasteiger charge is -2.25. The number of ether oxygens (including phenoxy) is 1. The van der Waals surface area contributed by atoms with Gasteiger partial charge in [0.15, 0.2) is 0 Å². The van der Waals surface area contributed by atoms with E-state index in [-0.39, 0.29) is 18.2 Å². The molecule has 0 saturated heterocycles. The summed E-state index contributed by atoms with van der Waals surface area (Å²) < 4.78 is 4.95. The second-order valence-electron chi connectivity index (χ2n) is 3.18. The summed E-state index contributed by atoms with van der Waals surface area (Å²) in [6, 6.07) is 0. The van der Waals surface area contributed by atoms with Gasteiger partial charge < -0.3 is 15.8 Å². The molecule has 3 N–H and O–H groups in total. The Morgan fingerprint density at radius 2 is 1.92 bits per heavy atom. The number of rotatable bonds is 5. The van der Waals surface area contributed by atoms with Crippen LogP contribution in [0.5, 0.6) is 0 Å². The largest absolute Gasteiger partial charge is 0.448 e. The highest BCUT2D eigenvalue weighted by Gasteiger charge is 2.22. The van der Waals surface area contributed by atoms with E-state index in [4.69, 9.17) is 10.5 Å². The number of alkyl carbamates (subject to hydrolysis) is 1. The van der Waals surface area contributed by atoms with Gasteiger partial charge in [-0.1, -0.05) is 13.8 Å². The van der Waals surface area contributed by atoms with Crippen molar-refractivity contribution < 1.29 is 9.53 Å². The van der Waals surface area contributed by atoms with Crippen LogP contribution in [0, 0.1) is 0 Å². The average molecular weight is 188 g/mol. The Morgan fingerprint density at radius 3 is 2.31 bits per heavy atom. The first-order valence-corrected chi connectivity index (χ1v) is 4.77. The molecule has 4 heteroatoms.